The summed E-state index contributed by atoms with van der Waals surface area (Å²) in [6.45, 7) is 14.4. The zero-order valence-electron chi connectivity index (χ0n) is 25.4. The normalized spacial score (nSPS) is 12.0. The number of hydrogen-bond acceptors (Lipinski definition) is 6. The zero-order chi connectivity index (χ0) is 29.3. The fourth-order valence-electron chi connectivity index (χ4n) is 4.55. The lowest BCUT2D eigenvalue weighted by atomic mass is 9.98. The molecule has 0 aliphatic rings. The molecule has 0 heterocycles. The number of hydrogen-bond donors (Lipinski definition) is 0. The van der Waals surface area contributed by atoms with E-state index in [2.05, 4.69) is 37.3 Å². The number of aryl methyl sites for hydroxylation is 1. The van der Waals surface area contributed by atoms with E-state index in [-0.39, 0.29) is 11.9 Å². The Morgan fingerprint density at radius 2 is 1.07 bits per heavy atom. The summed E-state index contributed by atoms with van der Waals surface area (Å²) in [4.78, 5) is 24.1. The summed E-state index contributed by atoms with van der Waals surface area (Å²) < 4.78 is 23.6. The van der Waals surface area contributed by atoms with Crippen molar-refractivity contribution in [1.82, 2.24) is 0 Å². The Morgan fingerprint density at radius 3 is 1.52 bits per heavy atom. The fourth-order valence-corrected chi connectivity index (χ4v) is 4.55. The molecular formula is C34H46O6. The summed E-state index contributed by atoms with van der Waals surface area (Å²) in [5, 5.41) is 4.02. The highest BCUT2D eigenvalue weighted by atomic mass is 16.6. The first-order valence-electron chi connectivity index (χ1n) is 14.5. The van der Waals surface area contributed by atoms with Gasteiger partial charge in [0.2, 0.25) is 0 Å². The second kappa shape index (κ2) is 13.9. The highest BCUT2D eigenvalue weighted by molar-refractivity contribution is 6.11. The lowest BCUT2D eigenvalue weighted by Gasteiger charge is -2.20. The van der Waals surface area contributed by atoms with Gasteiger partial charge in [0.15, 0.2) is 0 Å². The van der Waals surface area contributed by atoms with Crippen LogP contribution in [0, 0.1) is 0 Å². The van der Waals surface area contributed by atoms with Crippen molar-refractivity contribution in [1.29, 1.82) is 0 Å². The quantitative estimate of drug-likeness (QED) is 0.121. The molecular weight excluding hydrogens is 504 g/mol. The second-order valence-corrected chi connectivity index (χ2v) is 12.2. The van der Waals surface area contributed by atoms with Gasteiger partial charge in [0.05, 0.1) is 13.2 Å². The second-order valence-electron chi connectivity index (χ2n) is 12.2. The van der Waals surface area contributed by atoms with Gasteiger partial charge < -0.3 is 18.9 Å². The van der Waals surface area contributed by atoms with E-state index >= 15 is 0 Å². The minimum atomic E-state index is -0.468. The Hall–Kier alpha value is -3.28. The van der Waals surface area contributed by atoms with Crippen LogP contribution >= 0.6 is 0 Å². The zero-order valence-corrected chi connectivity index (χ0v) is 25.4. The molecule has 0 amide bonds. The van der Waals surface area contributed by atoms with Gasteiger partial charge >= 0.3 is 11.9 Å². The molecule has 0 N–H and O–H groups in total. The van der Waals surface area contributed by atoms with Gasteiger partial charge in [0, 0.05) is 34.4 Å². The van der Waals surface area contributed by atoms with E-state index in [1.54, 1.807) is 0 Å². The van der Waals surface area contributed by atoms with Crippen LogP contribution in [0.15, 0.2) is 42.5 Å². The fraction of sp³-hybridized carbons (Fsp3) is 0.529. The van der Waals surface area contributed by atoms with Crippen molar-refractivity contribution in [2.24, 2.45) is 0 Å². The number of carbonyl (C=O) groups is 2. The minimum absolute atomic E-state index is 0.177. The molecule has 0 saturated carbocycles. The van der Waals surface area contributed by atoms with Crippen LogP contribution in [0.4, 0.5) is 0 Å². The lowest BCUT2D eigenvalue weighted by Crippen LogP contribution is -2.23. The van der Waals surface area contributed by atoms with Crippen molar-refractivity contribution in [2.45, 2.75) is 105 Å². The van der Waals surface area contributed by atoms with E-state index in [4.69, 9.17) is 18.9 Å². The molecule has 6 heteroatoms. The molecule has 0 aliphatic carbocycles. The number of fused-ring (bicyclic) bond motifs is 2. The molecule has 0 radical (unpaired) electrons. The predicted octanol–water partition coefficient (Wildman–Crippen LogP) is 8.34. The third-order valence-corrected chi connectivity index (χ3v) is 6.28. The highest BCUT2D eigenvalue weighted by Gasteiger charge is 2.19. The number of benzene rings is 3. The monoisotopic (exact) mass is 550 g/mol. The highest BCUT2D eigenvalue weighted by Crippen LogP contribution is 2.43. The van der Waals surface area contributed by atoms with Gasteiger partial charge in [-0.15, -0.1) is 0 Å². The lowest BCUT2D eigenvalue weighted by molar-refractivity contribution is -0.156. The first kappa shape index (κ1) is 31.3. The molecule has 3 rings (SSSR count). The standard InChI is InChI=1S/C34H46O6/c1-8-24-19-20-27-28(23-24)32(38-22-14-12-18-30(36)40-34(5,6)7)26-16-10-9-15-25(26)31(27)37-21-13-11-17-29(35)39-33(2,3)4/h9-10,15-16,19-20,23H,8,11-14,17-18,21-22H2,1-7H3. The Morgan fingerprint density at radius 1 is 0.625 bits per heavy atom. The van der Waals surface area contributed by atoms with E-state index in [1.165, 1.54) is 5.56 Å². The van der Waals surface area contributed by atoms with E-state index in [0.29, 0.717) is 38.9 Å². The van der Waals surface area contributed by atoms with E-state index in [9.17, 15) is 9.59 Å². The summed E-state index contributed by atoms with van der Waals surface area (Å²) in [6.07, 6.45) is 4.58. The van der Waals surface area contributed by atoms with E-state index in [0.717, 1.165) is 52.3 Å². The maximum Gasteiger partial charge on any atom is 0.306 e. The molecule has 0 saturated heterocycles. The topological polar surface area (TPSA) is 71.1 Å². The van der Waals surface area contributed by atoms with Crippen LogP contribution in [-0.4, -0.2) is 36.4 Å². The first-order chi connectivity index (χ1) is 18.9. The maximum absolute atomic E-state index is 12.1. The van der Waals surface area contributed by atoms with Gasteiger partial charge in [0.1, 0.15) is 22.7 Å². The van der Waals surface area contributed by atoms with E-state index < -0.39 is 11.2 Å². The molecule has 0 fully saturated rings. The summed E-state index contributed by atoms with van der Waals surface area (Å²) in [7, 11) is 0. The average molecular weight is 551 g/mol. The largest absolute Gasteiger partial charge is 0.492 e. The SMILES string of the molecule is CCc1ccc2c(OCCCCC(=O)OC(C)(C)C)c3ccccc3c(OCCCCC(=O)OC(C)(C)C)c2c1. The van der Waals surface area contributed by atoms with E-state index in [1.807, 2.05) is 53.7 Å². The van der Waals surface area contributed by atoms with Gasteiger partial charge in [-0.1, -0.05) is 43.3 Å². The van der Waals surface area contributed by atoms with Gasteiger partial charge in [-0.25, -0.2) is 0 Å². The molecule has 0 bridgehead atoms. The number of rotatable bonds is 13. The Balaban J connectivity index is 1.75. The van der Waals surface area contributed by atoms with Crippen LogP contribution in [0.2, 0.25) is 0 Å². The predicted molar refractivity (Wildman–Crippen MR) is 161 cm³/mol. The first-order valence-corrected chi connectivity index (χ1v) is 14.5. The molecule has 3 aromatic rings. The Kier molecular flexibility index (Phi) is 10.8. The van der Waals surface area contributed by atoms with Crippen LogP contribution in [-0.2, 0) is 25.5 Å². The number of carbonyl (C=O) groups excluding carboxylic acids is 2. The molecule has 0 aliphatic heterocycles. The van der Waals surface area contributed by atoms with Crippen molar-refractivity contribution in [3.63, 3.8) is 0 Å². The smallest absolute Gasteiger partial charge is 0.306 e. The number of ether oxygens (including phenoxy) is 4. The van der Waals surface area contributed by atoms with Crippen molar-refractivity contribution in [3.05, 3.63) is 48.0 Å². The van der Waals surface area contributed by atoms with Crippen LogP contribution in [0.5, 0.6) is 11.5 Å². The van der Waals surface area contributed by atoms with Gasteiger partial charge in [0.25, 0.3) is 0 Å². The molecule has 3 aromatic carbocycles. The van der Waals surface area contributed by atoms with Crippen molar-refractivity contribution in [2.75, 3.05) is 13.2 Å². The summed E-state index contributed by atoms with van der Waals surface area (Å²) in [5.41, 5.74) is 0.287. The number of unbranched alkanes of at least 4 members (excludes halogenated alkanes) is 2. The minimum Gasteiger partial charge on any atom is -0.492 e. The third kappa shape index (κ3) is 9.42. The van der Waals surface area contributed by atoms with Gasteiger partial charge in [-0.05, 0) is 85.3 Å². The molecule has 0 aromatic heterocycles. The van der Waals surface area contributed by atoms with Crippen LogP contribution < -0.4 is 9.47 Å². The van der Waals surface area contributed by atoms with Crippen LogP contribution in [0.25, 0.3) is 21.5 Å². The summed E-state index contributed by atoms with van der Waals surface area (Å²) >= 11 is 0. The summed E-state index contributed by atoms with van der Waals surface area (Å²) in [6, 6.07) is 14.6. The Labute approximate surface area is 239 Å². The van der Waals surface area contributed by atoms with Crippen LogP contribution in [0.1, 0.15) is 92.6 Å². The number of esters is 2. The van der Waals surface area contributed by atoms with Crippen molar-refractivity contribution >= 4 is 33.5 Å². The molecule has 0 unspecified atom stereocenters. The molecule has 0 spiro atoms. The molecule has 218 valence electrons. The average Bonchev–Trinajstić information content (AvgIpc) is 2.86. The van der Waals surface area contributed by atoms with Crippen molar-refractivity contribution in [3.8, 4) is 11.5 Å². The van der Waals surface area contributed by atoms with Crippen LogP contribution in [0.3, 0.4) is 0 Å². The van der Waals surface area contributed by atoms with Crippen molar-refractivity contribution < 1.29 is 28.5 Å². The maximum atomic E-state index is 12.1. The molecule has 40 heavy (non-hydrogen) atoms. The molecule has 6 nitrogen and oxygen atoms in total. The third-order valence-electron chi connectivity index (χ3n) is 6.28. The summed E-state index contributed by atoms with van der Waals surface area (Å²) in [5.74, 6) is 1.32. The molecule has 0 atom stereocenters. The van der Waals surface area contributed by atoms with Gasteiger partial charge in [-0.3, -0.25) is 9.59 Å². The Bertz CT molecular complexity index is 1300. The van der Waals surface area contributed by atoms with Gasteiger partial charge in [-0.2, -0.15) is 0 Å².